The van der Waals surface area contributed by atoms with Crippen LogP contribution in [0.15, 0.2) is 36.4 Å². The Kier molecular flexibility index (Phi) is 10.9. The number of piperidine rings is 2. The lowest BCUT2D eigenvalue weighted by Crippen LogP contribution is -2.40. The van der Waals surface area contributed by atoms with Crippen molar-refractivity contribution in [2.24, 2.45) is 0 Å². The third-order valence-electron chi connectivity index (χ3n) is 7.43. The maximum atomic E-state index is 14.7. The number of anilines is 2. The summed E-state index contributed by atoms with van der Waals surface area (Å²) in [6.07, 6.45) is 4.88. The van der Waals surface area contributed by atoms with Gasteiger partial charge >= 0.3 is 0 Å². The summed E-state index contributed by atoms with van der Waals surface area (Å²) in [5.74, 6) is -0.528. The van der Waals surface area contributed by atoms with Crippen molar-refractivity contribution in [3.8, 4) is 11.5 Å². The molecule has 2 heterocycles. The zero-order valence-electron chi connectivity index (χ0n) is 24.0. The highest BCUT2D eigenvalue weighted by molar-refractivity contribution is 7.90. The fourth-order valence-corrected chi connectivity index (χ4v) is 6.12. The Morgan fingerprint density at radius 3 is 1.36 bits per heavy atom. The summed E-state index contributed by atoms with van der Waals surface area (Å²) in [5, 5.41) is 0. The molecule has 10 nitrogen and oxygen atoms in total. The van der Waals surface area contributed by atoms with E-state index in [0.717, 1.165) is 0 Å². The van der Waals surface area contributed by atoms with Gasteiger partial charge in [-0.05, 0) is 49.9 Å². The van der Waals surface area contributed by atoms with Crippen molar-refractivity contribution in [3.05, 3.63) is 48.0 Å². The van der Waals surface area contributed by atoms with Gasteiger partial charge in [0.05, 0.1) is 22.9 Å². The van der Waals surface area contributed by atoms with Gasteiger partial charge < -0.3 is 30.1 Å². The van der Waals surface area contributed by atoms with E-state index in [9.17, 15) is 25.6 Å². The minimum atomic E-state index is -3.01. The molecule has 0 saturated carbocycles. The number of benzene rings is 2. The molecular formula is C28H40F2N4O6S2. The van der Waals surface area contributed by atoms with Gasteiger partial charge in [-0.15, -0.1) is 0 Å². The summed E-state index contributed by atoms with van der Waals surface area (Å²) in [4.78, 5) is 4.15. The Hall–Kier alpha value is -2.68. The van der Waals surface area contributed by atoms with Gasteiger partial charge in [0.25, 0.3) is 0 Å². The van der Waals surface area contributed by atoms with E-state index < -0.39 is 31.3 Å². The molecule has 2 aliphatic heterocycles. The van der Waals surface area contributed by atoms with Gasteiger partial charge in [-0.2, -0.15) is 0 Å². The molecule has 0 radical (unpaired) electrons. The minimum Gasteiger partial charge on any atom is -0.487 e. The van der Waals surface area contributed by atoms with E-state index in [1.165, 1.54) is 24.6 Å². The lowest BCUT2D eigenvalue weighted by atomic mass is 10.1. The number of hydrazine groups is 1. The quantitative estimate of drug-likeness (QED) is 0.320. The van der Waals surface area contributed by atoms with E-state index in [1.54, 1.807) is 24.3 Å². The lowest BCUT2D eigenvalue weighted by Gasteiger charge is -2.32. The van der Waals surface area contributed by atoms with Crippen molar-refractivity contribution < 1.29 is 35.1 Å². The molecule has 14 heteroatoms. The third kappa shape index (κ3) is 10.5. The van der Waals surface area contributed by atoms with Gasteiger partial charge in [0.15, 0.2) is 23.1 Å². The zero-order valence-corrected chi connectivity index (χ0v) is 25.7. The predicted molar refractivity (Wildman–Crippen MR) is 160 cm³/mol. The van der Waals surface area contributed by atoms with Crippen LogP contribution in [-0.4, -0.2) is 102 Å². The molecular weight excluding hydrogens is 590 g/mol. The van der Waals surface area contributed by atoms with Crippen molar-refractivity contribution >= 4 is 31.0 Å². The van der Waals surface area contributed by atoms with Crippen molar-refractivity contribution in [1.82, 2.24) is 9.80 Å². The summed E-state index contributed by atoms with van der Waals surface area (Å²) < 4.78 is 86.7. The molecule has 42 heavy (non-hydrogen) atoms. The fourth-order valence-electron chi connectivity index (χ4n) is 4.94. The summed E-state index contributed by atoms with van der Waals surface area (Å²) in [6.45, 7) is 3.75. The highest BCUT2D eigenvalue weighted by Crippen LogP contribution is 2.27. The first-order valence-electron chi connectivity index (χ1n) is 14.1. The Balaban J connectivity index is 1.20. The molecule has 2 N–H and O–H groups in total. The van der Waals surface area contributed by atoms with Crippen LogP contribution in [0.1, 0.15) is 25.7 Å². The smallest absolute Gasteiger partial charge is 0.167 e. The molecule has 234 valence electrons. The molecule has 2 fully saturated rings. The SMILES string of the molecule is CS(=O)(=O)CCN1CCC(Oc2ccc(NNc3ccc(OC4CCN(CCS(C)(=O)=O)CC4)c(F)c3)cc2F)CC1. The molecule has 0 aromatic heterocycles. The maximum absolute atomic E-state index is 14.7. The molecule has 2 aromatic rings. The average molecular weight is 631 g/mol. The molecule has 0 bridgehead atoms. The summed E-state index contributed by atoms with van der Waals surface area (Å²) >= 11 is 0. The van der Waals surface area contributed by atoms with Crippen molar-refractivity contribution in [1.29, 1.82) is 0 Å². The molecule has 0 aliphatic carbocycles. The maximum Gasteiger partial charge on any atom is 0.167 e. The molecule has 0 unspecified atom stereocenters. The van der Waals surface area contributed by atoms with Crippen LogP contribution < -0.4 is 20.3 Å². The predicted octanol–water partition coefficient (Wildman–Crippen LogP) is 3.18. The lowest BCUT2D eigenvalue weighted by molar-refractivity contribution is 0.100. The highest BCUT2D eigenvalue weighted by Gasteiger charge is 2.23. The second-order valence-electron chi connectivity index (χ2n) is 11.1. The molecule has 0 spiro atoms. The van der Waals surface area contributed by atoms with E-state index in [-0.39, 0.29) is 35.2 Å². The topological polar surface area (TPSA) is 117 Å². The summed E-state index contributed by atoms with van der Waals surface area (Å²) in [7, 11) is -6.01. The van der Waals surface area contributed by atoms with E-state index in [1.807, 2.05) is 0 Å². The van der Waals surface area contributed by atoms with Crippen LogP contribution in [0.2, 0.25) is 0 Å². The molecule has 2 aliphatic rings. The molecule has 0 amide bonds. The first-order valence-corrected chi connectivity index (χ1v) is 18.2. The second-order valence-corrected chi connectivity index (χ2v) is 15.6. The largest absolute Gasteiger partial charge is 0.487 e. The van der Waals surface area contributed by atoms with Crippen LogP contribution in [0.4, 0.5) is 20.2 Å². The van der Waals surface area contributed by atoms with Crippen LogP contribution in [0.25, 0.3) is 0 Å². The summed E-state index contributed by atoms with van der Waals surface area (Å²) in [5.41, 5.74) is 6.58. The van der Waals surface area contributed by atoms with Gasteiger partial charge in [-0.25, -0.2) is 25.6 Å². The number of rotatable bonds is 13. The Morgan fingerprint density at radius 1 is 0.690 bits per heavy atom. The van der Waals surface area contributed by atoms with Crippen LogP contribution >= 0.6 is 0 Å². The van der Waals surface area contributed by atoms with Crippen molar-refractivity contribution in [2.45, 2.75) is 37.9 Å². The number of nitrogens with zero attached hydrogens (tertiary/aromatic N) is 2. The molecule has 4 rings (SSSR count). The average Bonchev–Trinajstić information content (AvgIpc) is 2.93. The van der Waals surface area contributed by atoms with Gasteiger partial charge in [-0.1, -0.05) is 0 Å². The number of hydrogen-bond acceptors (Lipinski definition) is 10. The first kappa shape index (κ1) is 32.2. The van der Waals surface area contributed by atoms with Gasteiger partial charge in [-0.3, -0.25) is 0 Å². The number of sulfone groups is 2. The summed E-state index contributed by atoms with van der Waals surface area (Å²) in [6, 6.07) is 8.98. The number of halogens is 2. The van der Waals surface area contributed by atoms with Crippen molar-refractivity contribution in [2.75, 3.05) is 74.1 Å². The minimum absolute atomic E-state index is 0.122. The van der Waals surface area contributed by atoms with Crippen LogP contribution in [0.3, 0.4) is 0 Å². The second kappa shape index (κ2) is 14.2. The number of ether oxygens (including phenoxy) is 2. The van der Waals surface area contributed by atoms with E-state index in [0.29, 0.717) is 76.3 Å². The Labute approximate surface area is 247 Å². The van der Waals surface area contributed by atoms with Gasteiger partial charge in [0.1, 0.15) is 31.9 Å². The van der Waals surface area contributed by atoms with E-state index in [4.69, 9.17) is 9.47 Å². The fraction of sp³-hybridized carbons (Fsp3) is 0.571. The standard InChI is InChI=1S/C28H40F2N4O6S2/c1-41(35,36)17-15-33-11-7-23(8-12-33)39-27-5-3-21(19-25(27)29)31-32-22-4-6-28(26(30)20-22)40-24-9-13-34(14-10-24)16-18-42(2,37)38/h3-6,19-20,23-24,31-32H,7-18H2,1-2H3. The monoisotopic (exact) mass is 630 g/mol. The van der Waals surface area contributed by atoms with E-state index in [2.05, 4.69) is 20.7 Å². The molecule has 2 saturated heterocycles. The highest BCUT2D eigenvalue weighted by atomic mass is 32.2. The molecule has 0 atom stereocenters. The van der Waals surface area contributed by atoms with Crippen LogP contribution in [0, 0.1) is 11.6 Å². The van der Waals surface area contributed by atoms with E-state index >= 15 is 0 Å². The number of likely N-dealkylation sites (tertiary alicyclic amines) is 2. The third-order valence-corrected chi connectivity index (χ3v) is 9.28. The zero-order chi connectivity index (χ0) is 30.3. The van der Waals surface area contributed by atoms with Crippen LogP contribution in [0.5, 0.6) is 11.5 Å². The van der Waals surface area contributed by atoms with Crippen LogP contribution in [-0.2, 0) is 19.7 Å². The number of nitrogens with one attached hydrogen (secondary N) is 2. The molecule has 2 aromatic carbocycles. The van der Waals surface area contributed by atoms with Gasteiger partial charge in [0.2, 0.25) is 0 Å². The number of hydrogen-bond donors (Lipinski definition) is 2. The first-order chi connectivity index (χ1) is 19.8. The Morgan fingerprint density at radius 2 is 1.05 bits per heavy atom. The van der Waals surface area contributed by atoms with Gasteiger partial charge in [0, 0.05) is 63.9 Å². The Bertz CT molecular complexity index is 1300. The van der Waals surface area contributed by atoms with Crippen molar-refractivity contribution in [3.63, 3.8) is 0 Å². The normalized spacial score (nSPS) is 18.1.